The van der Waals surface area contributed by atoms with E-state index in [4.69, 9.17) is 0 Å². The van der Waals surface area contributed by atoms with Crippen molar-refractivity contribution in [2.75, 3.05) is 25.0 Å². The van der Waals surface area contributed by atoms with E-state index in [1.807, 2.05) is 0 Å². The fraction of sp³-hybridized carbons (Fsp3) is 0.611. The SMILES string of the molecule is CN1CCCc2cc(CNC(=O)NCC3(O)CCCC3)ccc21. The van der Waals surface area contributed by atoms with Gasteiger partial charge in [-0.05, 0) is 42.9 Å². The third kappa shape index (κ3) is 3.96. The highest BCUT2D eigenvalue weighted by Crippen LogP contribution is 2.28. The molecule has 126 valence electrons. The summed E-state index contributed by atoms with van der Waals surface area (Å²) in [5.74, 6) is 0. The van der Waals surface area contributed by atoms with Crippen molar-refractivity contribution in [1.82, 2.24) is 10.6 Å². The van der Waals surface area contributed by atoms with Crippen LogP contribution in [0.3, 0.4) is 0 Å². The van der Waals surface area contributed by atoms with Crippen LogP contribution in [0.1, 0.15) is 43.2 Å². The van der Waals surface area contributed by atoms with E-state index in [1.165, 1.54) is 17.7 Å². The van der Waals surface area contributed by atoms with Gasteiger partial charge in [0.25, 0.3) is 0 Å². The van der Waals surface area contributed by atoms with Gasteiger partial charge in [0.05, 0.1) is 5.60 Å². The van der Waals surface area contributed by atoms with Crippen LogP contribution in [-0.4, -0.2) is 36.9 Å². The van der Waals surface area contributed by atoms with E-state index >= 15 is 0 Å². The van der Waals surface area contributed by atoms with Crippen molar-refractivity contribution in [3.8, 4) is 0 Å². The number of anilines is 1. The zero-order chi connectivity index (χ0) is 16.3. The van der Waals surface area contributed by atoms with Gasteiger partial charge in [0, 0.05) is 32.4 Å². The second kappa shape index (κ2) is 6.79. The molecule has 1 aliphatic heterocycles. The number of nitrogens with zero attached hydrogens (tertiary/aromatic N) is 1. The maximum absolute atomic E-state index is 11.9. The molecule has 1 aromatic carbocycles. The average molecular weight is 317 g/mol. The average Bonchev–Trinajstić information content (AvgIpc) is 2.98. The molecule has 3 N–H and O–H groups in total. The lowest BCUT2D eigenvalue weighted by molar-refractivity contribution is 0.0501. The van der Waals surface area contributed by atoms with E-state index in [9.17, 15) is 9.90 Å². The zero-order valence-electron chi connectivity index (χ0n) is 13.9. The van der Waals surface area contributed by atoms with Gasteiger partial charge in [-0.2, -0.15) is 0 Å². The molecule has 2 amide bonds. The second-order valence-corrected chi connectivity index (χ2v) is 6.96. The summed E-state index contributed by atoms with van der Waals surface area (Å²) in [4.78, 5) is 14.2. The van der Waals surface area contributed by atoms with Crippen molar-refractivity contribution in [1.29, 1.82) is 0 Å². The Hall–Kier alpha value is -1.75. The Labute approximate surface area is 138 Å². The zero-order valence-corrected chi connectivity index (χ0v) is 13.9. The van der Waals surface area contributed by atoms with Crippen molar-refractivity contribution in [3.05, 3.63) is 29.3 Å². The van der Waals surface area contributed by atoms with Crippen LogP contribution in [0, 0.1) is 0 Å². The summed E-state index contributed by atoms with van der Waals surface area (Å²) in [6, 6.07) is 6.20. The molecule has 5 nitrogen and oxygen atoms in total. The predicted octanol–water partition coefficient (Wildman–Crippen LogP) is 2.17. The number of fused-ring (bicyclic) bond motifs is 1. The summed E-state index contributed by atoms with van der Waals surface area (Å²) in [5, 5.41) is 15.9. The van der Waals surface area contributed by atoms with Gasteiger partial charge in [0.1, 0.15) is 0 Å². The van der Waals surface area contributed by atoms with Crippen LogP contribution in [0.15, 0.2) is 18.2 Å². The first-order valence-corrected chi connectivity index (χ1v) is 8.63. The number of hydrogen-bond donors (Lipinski definition) is 3. The number of rotatable bonds is 4. The van der Waals surface area contributed by atoms with Crippen molar-refractivity contribution in [2.24, 2.45) is 0 Å². The third-order valence-corrected chi connectivity index (χ3v) is 5.06. The predicted molar refractivity (Wildman–Crippen MR) is 91.7 cm³/mol. The molecule has 0 saturated heterocycles. The van der Waals surface area contributed by atoms with E-state index in [-0.39, 0.29) is 6.03 Å². The molecule has 1 aliphatic carbocycles. The standard InChI is InChI=1S/C18H27N3O2/c1-21-10-4-5-15-11-14(6-7-16(15)21)12-19-17(22)20-13-18(23)8-2-3-9-18/h6-7,11,23H,2-5,8-10,12-13H2,1H3,(H2,19,20,22). The van der Waals surface area contributed by atoms with Gasteiger partial charge in [-0.1, -0.05) is 25.0 Å². The summed E-state index contributed by atoms with van der Waals surface area (Å²) in [6.45, 7) is 1.96. The fourth-order valence-electron chi connectivity index (χ4n) is 3.65. The summed E-state index contributed by atoms with van der Waals surface area (Å²) in [6.07, 6.45) is 5.94. The molecule has 23 heavy (non-hydrogen) atoms. The van der Waals surface area contributed by atoms with Crippen molar-refractivity contribution in [2.45, 2.75) is 50.7 Å². The molecule has 2 aliphatic rings. The van der Waals surface area contributed by atoms with Crippen molar-refractivity contribution >= 4 is 11.7 Å². The molecule has 0 radical (unpaired) electrons. The van der Waals surface area contributed by atoms with E-state index in [2.05, 4.69) is 40.8 Å². The number of benzene rings is 1. The number of urea groups is 1. The summed E-state index contributed by atoms with van der Waals surface area (Å²) < 4.78 is 0. The lowest BCUT2D eigenvalue weighted by Crippen LogP contribution is -2.44. The summed E-state index contributed by atoms with van der Waals surface area (Å²) >= 11 is 0. The van der Waals surface area contributed by atoms with Gasteiger partial charge in [-0.3, -0.25) is 0 Å². The molecule has 1 saturated carbocycles. The highest BCUT2D eigenvalue weighted by molar-refractivity contribution is 5.74. The van der Waals surface area contributed by atoms with Gasteiger partial charge in [-0.25, -0.2) is 4.79 Å². The van der Waals surface area contributed by atoms with Gasteiger partial charge in [0.15, 0.2) is 0 Å². The third-order valence-electron chi connectivity index (χ3n) is 5.06. The molecular weight excluding hydrogens is 290 g/mol. The van der Waals surface area contributed by atoms with Gasteiger partial charge < -0.3 is 20.6 Å². The number of aryl methyl sites for hydroxylation is 1. The van der Waals surface area contributed by atoms with Gasteiger partial charge in [-0.15, -0.1) is 0 Å². The minimum atomic E-state index is -0.701. The number of carbonyl (C=O) groups is 1. The van der Waals surface area contributed by atoms with Crippen LogP contribution >= 0.6 is 0 Å². The maximum Gasteiger partial charge on any atom is 0.315 e. The molecule has 0 bridgehead atoms. The van der Waals surface area contributed by atoms with Crippen molar-refractivity contribution in [3.63, 3.8) is 0 Å². The maximum atomic E-state index is 11.9. The Kier molecular flexibility index (Phi) is 4.76. The molecule has 0 aromatic heterocycles. The number of carbonyl (C=O) groups excluding carboxylic acids is 1. The van der Waals surface area contributed by atoms with Gasteiger partial charge >= 0.3 is 6.03 Å². The Morgan fingerprint density at radius 1 is 1.26 bits per heavy atom. The highest BCUT2D eigenvalue weighted by Gasteiger charge is 2.31. The summed E-state index contributed by atoms with van der Waals surface area (Å²) in [5.41, 5.74) is 3.08. The Bertz CT molecular complexity index is 567. The normalized spacial score (nSPS) is 19.3. The molecule has 1 heterocycles. The number of amides is 2. The lowest BCUT2D eigenvalue weighted by atomic mass is 9.99. The van der Waals surface area contributed by atoms with E-state index in [0.29, 0.717) is 13.1 Å². The summed E-state index contributed by atoms with van der Waals surface area (Å²) in [7, 11) is 2.12. The Morgan fingerprint density at radius 3 is 2.83 bits per heavy atom. The van der Waals surface area contributed by atoms with Crippen LogP contribution in [0.5, 0.6) is 0 Å². The quantitative estimate of drug-likeness (QED) is 0.797. The molecule has 0 unspecified atom stereocenters. The molecular formula is C18H27N3O2. The van der Waals surface area contributed by atoms with Crippen LogP contribution in [0.2, 0.25) is 0 Å². The van der Waals surface area contributed by atoms with Crippen molar-refractivity contribution < 1.29 is 9.90 Å². The van der Waals surface area contributed by atoms with E-state index in [1.54, 1.807) is 0 Å². The van der Waals surface area contributed by atoms with E-state index < -0.39 is 5.60 Å². The van der Waals surface area contributed by atoms with Crippen LogP contribution in [-0.2, 0) is 13.0 Å². The van der Waals surface area contributed by atoms with Crippen LogP contribution < -0.4 is 15.5 Å². The largest absolute Gasteiger partial charge is 0.388 e. The molecule has 3 rings (SSSR count). The first-order chi connectivity index (χ1) is 11.1. The van der Waals surface area contributed by atoms with Crippen LogP contribution in [0.25, 0.3) is 0 Å². The first kappa shape index (κ1) is 16.1. The monoisotopic (exact) mass is 317 g/mol. The lowest BCUT2D eigenvalue weighted by Gasteiger charge is -2.28. The first-order valence-electron chi connectivity index (χ1n) is 8.63. The topological polar surface area (TPSA) is 64.6 Å². The molecule has 1 aromatic rings. The molecule has 5 heteroatoms. The Morgan fingerprint density at radius 2 is 2.04 bits per heavy atom. The molecule has 0 atom stereocenters. The molecule has 1 fully saturated rings. The molecule has 0 spiro atoms. The van der Waals surface area contributed by atoms with Crippen LogP contribution in [0.4, 0.5) is 10.5 Å². The van der Waals surface area contributed by atoms with Gasteiger partial charge in [0.2, 0.25) is 0 Å². The fourth-order valence-corrected chi connectivity index (χ4v) is 3.65. The smallest absolute Gasteiger partial charge is 0.315 e. The minimum absolute atomic E-state index is 0.208. The minimum Gasteiger partial charge on any atom is -0.388 e. The Balaban J connectivity index is 1.49. The number of nitrogens with one attached hydrogen (secondary N) is 2. The second-order valence-electron chi connectivity index (χ2n) is 6.96. The number of hydrogen-bond acceptors (Lipinski definition) is 3. The highest BCUT2D eigenvalue weighted by atomic mass is 16.3. The number of aliphatic hydroxyl groups is 1. The van der Waals surface area contributed by atoms with E-state index in [0.717, 1.165) is 44.2 Å².